The van der Waals surface area contributed by atoms with Gasteiger partial charge in [-0.15, -0.1) is 0 Å². The van der Waals surface area contributed by atoms with Crippen LogP contribution in [0.1, 0.15) is 41.1 Å². The van der Waals surface area contributed by atoms with Gasteiger partial charge in [-0.2, -0.15) is 0 Å². The van der Waals surface area contributed by atoms with E-state index >= 15 is 0 Å². The largest absolute Gasteiger partial charge is 0.493 e. The van der Waals surface area contributed by atoms with Gasteiger partial charge in [0.2, 0.25) is 0 Å². The van der Waals surface area contributed by atoms with Crippen molar-refractivity contribution in [2.45, 2.75) is 32.2 Å². The summed E-state index contributed by atoms with van der Waals surface area (Å²) in [6.45, 7) is 5.06. The predicted molar refractivity (Wildman–Crippen MR) is 87.0 cm³/mol. The second-order valence-corrected chi connectivity index (χ2v) is 5.95. The average molecular weight is 281 g/mol. The van der Waals surface area contributed by atoms with Crippen molar-refractivity contribution in [3.8, 4) is 5.75 Å². The quantitative estimate of drug-likeness (QED) is 0.894. The third-order valence-corrected chi connectivity index (χ3v) is 4.53. The smallest absolute Gasteiger partial charge is 0.122 e. The molecule has 21 heavy (non-hydrogen) atoms. The summed E-state index contributed by atoms with van der Waals surface area (Å²) in [6.07, 6.45) is 1.14. The highest BCUT2D eigenvalue weighted by atomic mass is 16.5. The van der Waals surface area contributed by atoms with E-state index < -0.39 is 0 Å². The summed E-state index contributed by atoms with van der Waals surface area (Å²) in [4.78, 5) is 0. The van der Waals surface area contributed by atoms with Crippen LogP contribution >= 0.6 is 0 Å². The fourth-order valence-electron chi connectivity index (χ4n) is 2.97. The Morgan fingerprint density at radius 3 is 2.76 bits per heavy atom. The van der Waals surface area contributed by atoms with Gasteiger partial charge in [0.25, 0.3) is 0 Å². The van der Waals surface area contributed by atoms with Crippen molar-refractivity contribution in [2.24, 2.45) is 0 Å². The fourth-order valence-corrected chi connectivity index (χ4v) is 2.97. The summed E-state index contributed by atoms with van der Waals surface area (Å²) < 4.78 is 6.05. The van der Waals surface area contributed by atoms with Gasteiger partial charge in [0.1, 0.15) is 5.75 Å². The number of ether oxygens (including phenoxy) is 1. The van der Waals surface area contributed by atoms with Crippen molar-refractivity contribution < 1.29 is 4.74 Å². The molecular formula is C19H23NO. The van der Waals surface area contributed by atoms with Crippen LogP contribution in [0.4, 0.5) is 0 Å². The van der Waals surface area contributed by atoms with Crippen LogP contribution in [0.25, 0.3) is 0 Å². The third-order valence-electron chi connectivity index (χ3n) is 4.53. The van der Waals surface area contributed by atoms with E-state index in [1.54, 1.807) is 0 Å². The van der Waals surface area contributed by atoms with Crippen molar-refractivity contribution in [1.29, 1.82) is 0 Å². The van der Waals surface area contributed by atoms with Gasteiger partial charge < -0.3 is 10.1 Å². The van der Waals surface area contributed by atoms with E-state index in [4.69, 9.17) is 4.74 Å². The first-order valence-corrected chi connectivity index (χ1v) is 7.67. The highest BCUT2D eigenvalue weighted by Gasteiger charge is 2.25. The van der Waals surface area contributed by atoms with Crippen LogP contribution in [-0.4, -0.2) is 13.7 Å². The average Bonchev–Trinajstić information content (AvgIpc) is 2.48. The molecule has 1 aliphatic carbocycles. The summed E-state index contributed by atoms with van der Waals surface area (Å²) in [5, 5.41) is 3.27. The van der Waals surface area contributed by atoms with Gasteiger partial charge in [0, 0.05) is 12.0 Å². The van der Waals surface area contributed by atoms with Crippen molar-refractivity contribution in [1.82, 2.24) is 5.32 Å². The number of benzene rings is 2. The molecule has 0 bridgehead atoms. The van der Waals surface area contributed by atoms with Gasteiger partial charge in [-0.05, 0) is 55.6 Å². The van der Waals surface area contributed by atoms with Gasteiger partial charge in [0.15, 0.2) is 0 Å². The maximum atomic E-state index is 6.05. The number of hydrogen-bond acceptors (Lipinski definition) is 2. The van der Waals surface area contributed by atoms with Crippen LogP contribution in [0, 0.1) is 6.92 Å². The number of fused-ring (bicyclic) bond motifs is 1. The molecule has 1 N–H and O–H groups in total. The molecule has 2 atom stereocenters. The Hall–Kier alpha value is -1.80. The summed E-state index contributed by atoms with van der Waals surface area (Å²) in [7, 11) is 1.98. The Balaban J connectivity index is 1.64. The molecule has 0 fully saturated rings. The minimum atomic E-state index is 0.372. The van der Waals surface area contributed by atoms with E-state index in [0.717, 1.165) is 18.8 Å². The number of hydrogen-bond donors (Lipinski definition) is 1. The van der Waals surface area contributed by atoms with Crippen molar-refractivity contribution in [3.05, 3.63) is 64.7 Å². The van der Waals surface area contributed by atoms with E-state index in [1.807, 2.05) is 7.05 Å². The first-order valence-electron chi connectivity index (χ1n) is 7.67. The van der Waals surface area contributed by atoms with Gasteiger partial charge in [-0.25, -0.2) is 0 Å². The second kappa shape index (κ2) is 5.90. The Bertz CT molecular complexity index is 635. The van der Waals surface area contributed by atoms with Crippen LogP contribution in [-0.2, 0) is 6.42 Å². The zero-order chi connectivity index (χ0) is 14.8. The molecule has 0 aliphatic heterocycles. The van der Waals surface area contributed by atoms with Crippen molar-refractivity contribution >= 4 is 0 Å². The molecule has 0 spiro atoms. The zero-order valence-electron chi connectivity index (χ0n) is 13.0. The molecule has 0 saturated carbocycles. The monoisotopic (exact) mass is 281 g/mol. The molecule has 2 aromatic rings. The molecule has 2 unspecified atom stereocenters. The molecule has 0 saturated heterocycles. The highest BCUT2D eigenvalue weighted by Crippen LogP contribution is 2.35. The van der Waals surface area contributed by atoms with Crippen molar-refractivity contribution in [2.75, 3.05) is 13.7 Å². The molecule has 3 rings (SSSR count). The third kappa shape index (κ3) is 2.81. The minimum absolute atomic E-state index is 0.372. The standard InChI is InChI=1S/C19H23NO/c1-13-10-15(14(2)20-3)8-9-19(13)21-12-17-11-16-6-4-5-7-18(16)17/h4-10,14,17,20H,11-12H2,1-3H3. The molecule has 0 aromatic heterocycles. The van der Waals surface area contributed by atoms with E-state index in [9.17, 15) is 0 Å². The summed E-state index contributed by atoms with van der Waals surface area (Å²) in [5.74, 6) is 1.56. The molecular weight excluding hydrogens is 258 g/mol. The van der Waals surface area contributed by atoms with Crippen LogP contribution < -0.4 is 10.1 Å². The molecule has 2 heteroatoms. The van der Waals surface area contributed by atoms with Crippen molar-refractivity contribution in [3.63, 3.8) is 0 Å². The van der Waals surface area contributed by atoms with Gasteiger partial charge >= 0.3 is 0 Å². The van der Waals surface area contributed by atoms with E-state index in [0.29, 0.717) is 12.0 Å². The number of rotatable bonds is 5. The zero-order valence-corrected chi connectivity index (χ0v) is 13.0. The lowest BCUT2D eigenvalue weighted by atomic mass is 9.78. The Kier molecular flexibility index (Phi) is 3.98. The first-order chi connectivity index (χ1) is 10.2. The van der Waals surface area contributed by atoms with Gasteiger partial charge in [-0.3, -0.25) is 0 Å². The molecule has 110 valence electrons. The Morgan fingerprint density at radius 2 is 2.05 bits per heavy atom. The van der Waals surface area contributed by atoms with E-state index in [2.05, 4.69) is 61.6 Å². The van der Waals surface area contributed by atoms with E-state index in [1.165, 1.54) is 22.3 Å². The Labute approximate surface area is 127 Å². The van der Waals surface area contributed by atoms with E-state index in [-0.39, 0.29) is 0 Å². The predicted octanol–water partition coefficient (Wildman–Crippen LogP) is 3.99. The van der Waals surface area contributed by atoms with Crippen LogP contribution in [0.15, 0.2) is 42.5 Å². The Morgan fingerprint density at radius 1 is 1.24 bits per heavy atom. The minimum Gasteiger partial charge on any atom is -0.493 e. The van der Waals surface area contributed by atoms with Crippen LogP contribution in [0.3, 0.4) is 0 Å². The maximum Gasteiger partial charge on any atom is 0.122 e. The van der Waals surface area contributed by atoms with Gasteiger partial charge in [0.05, 0.1) is 6.61 Å². The topological polar surface area (TPSA) is 21.3 Å². The summed E-state index contributed by atoms with van der Waals surface area (Å²) in [6, 6.07) is 15.5. The summed E-state index contributed by atoms with van der Waals surface area (Å²) in [5.41, 5.74) is 5.44. The molecule has 2 aromatic carbocycles. The molecule has 0 radical (unpaired) electrons. The lowest BCUT2D eigenvalue weighted by molar-refractivity contribution is 0.273. The lowest BCUT2D eigenvalue weighted by Crippen LogP contribution is -2.23. The van der Waals surface area contributed by atoms with Gasteiger partial charge in [-0.1, -0.05) is 36.4 Å². The maximum absolute atomic E-state index is 6.05. The first kappa shape index (κ1) is 14.2. The lowest BCUT2D eigenvalue weighted by Gasteiger charge is -2.30. The normalized spacial score (nSPS) is 17.8. The number of aryl methyl sites for hydroxylation is 1. The highest BCUT2D eigenvalue weighted by molar-refractivity contribution is 5.41. The van der Waals surface area contributed by atoms with Crippen LogP contribution in [0.2, 0.25) is 0 Å². The summed E-state index contributed by atoms with van der Waals surface area (Å²) >= 11 is 0. The molecule has 2 nitrogen and oxygen atoms in total. The molecule has 1 aliphatic rings. The molecule has 0 heterocycles. The SMILES string of the molecule is CNC(C)c1ccc(OCC2Cc3ccccc32)c(C)c1. The second-order valence-electron chi connectivity index (χ2n) is 5.95. The van der Waals surface area contributed by atoms with Crippen LogP contribution in [0.5, 0.6) is 5.75 Å². The molecule has 0 amide bonds. The fraction of sp³-hybridized carbons (Fsp3) is 0.368. The number of nitrogens with one attached hydrogen (secondary N) is 1.